The van der Waals surface area contributed by atoms with Crippen molar-refractivity contribution in [3.05, 3.63) is 53.5 Å². The number of rotatable bonds is 11. The Labute approximate surface area is 193 Å². The second-order valence-electron chi connectivity index (χ2n) is 7.89. The predicted molar refractivity (Wildman–Crippen MR) is 123 cm³/mol. The van der Waals surface area contributed by atoms with E-state index < -0.39 is 12.0 Å². The number of hydrogen-bond donors (Lipinski definition) is 3. The van der Waals surface area contributed by atoms with Crippen molar-refractivity contribution in [1.82, 2.24) is 20.6 Å². The molecule has 9 nitrogen and oxygen atoms in total. The van der Waals surface area contributed by atoms with Crippen LogP contribution in [0.3, 0.4) is 0 Å². The van der Waals surface area contributed by atoms with Crippen molar-refractivity contribution in [2.45, 2.75) is 51.5 Å². The molecule has 0 fully saturated rings. The van der Waals surface area contributed by atoms with E-state index >= 15 is 0 Å². The van der Waals surface area contributed by atoms with Crippen molar-refractivity contribution in [3.63, 3.8) is 0 Å². The molecule has 1 aliphatic heterocycles. The number of carbonyl (C=O) groups is 3. The lowest BCUT2D eigenvalue weighted by Gasteiger charge is -2.18. The molecule has 0 aromatic carbocycles. The summed E-state index contributed by atoms with van der Waals surface area (Å²) in [6.07, 6.45) is 6.99. The van der Waals surface area contributed by atoms with Crippen LogP contribution in [0.1, 0.15) is 55.5 Å². The lowest BCUT2D eigenvalue weighted by Crippen LogP contribution is -2.39. The summed E-state index contributed by atoms with van der Waals surface area (Å²) >= 11 is 0. The van der Waals surface area contributed by atoms with Crippen molar-refractivity contribution in [1.29, 1.82) is 0 Å². The molecule has 0 aliphatic carbocycles. The summed E-state index contributed by atoms with van der Waals surface area (Å²) in [5, 5.41) is 8.73. The largest absolute Gasteiger partial charge is 0.466 e. The molecule has 0 bridgehead atoms. The highest BCUT2D eigenvalue weighted by Gasteiger charge is 2.20. The smallest absolute Gasteiger partial charge is 0.308 e. The van der Waals surface area contributed by atoms with Gasteiger partial charge in [0.25, 0.3) is 0 Å². The number of esters is 1. The summed E-state index contributed by atoms with van der Waals surface area (Å²) in [7, 11) is 0. The molecule has 3 rings (SSSR count). The van der Waals surface area contributed by atoms with Crippen LogP contribution in [0.5, 0.6) is 0 Å². The van der Waals surface area contributed by atoms with Gasteiger partial charge in [0.2, 0.25) is 11.8 Å². The van der Waals surface area contributed by atoms with E-state index in [1.165, 1.54) is 5.56 Å². The number of aryl methyl sites for hydroxylation is 2. The molecular formula is C24H31N5O4. The van der Waals surface area contributed by atoms with Crippen molar-refractivity contribution >= 4 is 23.6 Å². The molecule has 0 unspecified atom stereocenters. The third kappa shape index (κ3) is 7.85. The first-order chi connectivity index (χ1) is 16.0. The Morgan fingerprint density at radius 3 is 2.88 bits per heavy atom. The Morgan fingerprint density at radius 2 is 2.09 bits per heavy atom. The maximum Gasteiger partial charge on any atom is 0.308 e. The number of nitrogens with one attached hydrogen (secondary N) is 3. The molecule has 2 amide bonds. The molecule has 3 N–H and O–H groups in total. The van der Waals surface area contributed by atoms with Gasteiger partial charge in [-0.05, 0) is 55.9 Å². The van der Waals surface area contributed by atoms with Crippen LogP contribution in [-0.4, -0.2) is 47.4 Å². The molecule has 2 aromatic rings. The number of carbonyl (C=O) groups excluding carboxylic acids is 3. The van der Waals surface area contributed by atoms with E-state index in [1.807, 2.05) is 6.07 Å². The lowest BCUT2D eigenvalue weighted by molar-refractivity contribution is -0.144. The Balaban J connectivity index is 1.42. The zero-order chi connectivity index (χ0) is 23.5. The molecule has 1 aliphatic rings. The number of hydrogen-bond acceptors (Lipinski definition) is 7. The molecule has 0 saturated carbocycles. The zero-order valence-corrected chi connectivity index (χ0v) is 18.9. The average Bonchev–Trinajstić information content (AvgIpc) is 2.83. The van der Waals surface area contributed by atoms with Gasteiger partial charge in [0, 0.05) is 31.1 Å². The fourth-order valence-corrected chi connectivity index (χ4v) is 3.67. The summed E-state index contributed by atoms with van der Waals surface area (Å²) in [6.45, 7) is 2.76. The second-order valence-corrected chi connectivity index (χ2v) is 7.89. The first-order valence-corrected chi connectivity index (χ1v) is 11.4. The van der Waals surface area contributed by atoms with Gasteiger partial charge in [-0.25, -0.2) is 4.98 Å². The number of fused-ring (bicyclic) bond motifs is 1. The quantitative estimate of drug-likeness (QED) is 0.445. The minimum atomic E-state index is -0.578. The Bertz CT molecular complexity index is 951. The molecule has 176 valence electrons. The standard InChI is InChI=1S/C24H31N5O4/c1-2-33-23(32)14-20(18-7-4-12-25-15-18)29-22(31)16-27-21(30)9-3-8-19-11-10-17-6-5-13-26-24(17)28-19/h4,7,10-12,15,20H,2-3,5-6,8-9,13-14,16H2,1H3,(H,26,28)(H,27,30)(H,29,31)/t20-/m0/s1. The van der Waals surface area contributed by atoms with Gasteiger partial charge in [0.15, 0.2) is 0 Å². The normalized spacial score (nSPS) is 13.2. The monoisotopic (exact) mass is 453 g/mol. The highest BCUT2D eigenvalue weighted by Crippen LogP contribution is 2.20. The fraction of sp³-hybridized carbons (Fsp3) is 0.458. The van der Waals surface area contributed by atoms with Crippen molar-refractivity contribution in [2.24, 2.45) is 0 Å². The topological polar surface area (TPSA) is 122 Å². The summed E-state index contributed by atoms with van der Waals surface area (Å²) in [5.74, 6) is -0.0546. The number of ether oxygens (including phenoxy) is 1. The number of amides is 2. The Kier molecular flexibility index (Phi) is 9.17. The molecule has 0 saturated heterocycles. The van der Waals surface area contributed by atoms with E-state index in [-0.39, 0.29) is 31.4 Å². The molecule has 0 spiro atoms. The van der Waals surface area contributed by atoms with Gasteiger partial charge in [0.05, 0.1) is 25.6 Å². The second kappa shape index (κ2) is 12.5. The van der Waals surface area contributed by atoms with E-state index in [9.17, 15) is 14.4 Å². The number of anilines is 1. The molecule has 9 heteroatoms. The summed E-state index contributed by atoms with van der Waals surface area (Å²) in [4.78, 5) is 45.2. The van der Waals surface area contributed by atoms with Gasteiger partial charge in [0.1, 0.15) is 5.82 Å². The van der Waals surface area contributed by atoms with Crippen LogP contribution in [0.4, 0.5) is 5.82 Å². The summed E-state index contributed by atoms with van der Waals surface area (Å²) in [6, 6.07) is 7.04. The average molecular weight is 454 g/mol. The summed E-state index contributed by atoms with van der Waals surface area (Å²) in [5.41, 5.74) is 2.88. The van der Waals surface area contributed by atoms with Crippen LogP contribution in [0, 0.1) is 0 Å². The molecule has 3 heterocycles. The number of nitrogens with zero attached hydrogens (tertiary/aromatic N) is 2. The van der Waals surface area contributed by atoms with Crippen molar-refractivity contribution < 1.29 is 19.1 Å². The predicted octanol–water partition coefficient (Wildman–Crippen LogP) is 2.08. The third-order valence-corrected chi connectivity index (χ3v) is 5.33. The number of aromatic nitrogens is 2. The van der Waals surface area contributed by atoms with Crippen LogP contribution < -0.4 is 16.0 Å². The van der Waals surface area contributed by atoms with E-state index in [0.717, 1.165) is 30.9 Å². The molecule has 33 heavy (non-hydrogen) atoms. The number of pyridine rings is 2. The first-order valence-electron chi connectivity index (χ1n) is 11.4. The van der Waals surface area contributed by atoms with Gasteiger partial charge < -0.3 is 20.7 Å². The maximum atomic E-state index is 12.4. The third-order valence-electron chi connectivity index (χ3n) is 5.33. The van der Waals surface area contributed by atoms with E-state index in [0.29, 0.717) is 24.8 Å². The van der Waals surface area contributed by atoms with Crippen molar-refractivity contribution in [2.75, 3.05) is 25.0 Å². The SMILES string of the molecule is CCOC(=O)C[C@H](NC(=O)CNC(=O)CCCc1ccc2c(n1)NCCC2)c1cccnc1. The maximum absolute atomic E-state index is 12.4. The Hall–Kier alpha value is -3.49. The van der Waals surface area contributed by atoms with Gasteiger partial charge in [-0.1, -0.05) is 12.1 Å². The van der Waals surface area contributed by atoms with Gasteiger partial charge in [-0.15, -0.1) is 0 Å². The fourth-order valence-electron chi connectivity index (χ4n) is 3.67. The molecular weight excluding hydrogens is 422 g/mol. The van der Waals surface area contributed by atoms with Gasteiger partial charge in [-0.2, -0.15) is 0 Å². The molecule has 0 radical (unpaired) electrons. The molecule has 2 aromatic heterocycles. The van der Waals surface area contributed by atoms with Gasteiger partial charge >= 0.3 is 5.97 Å². The summed E-state index contributed by atoms with van der Waals surface area (Å²) < 4.78 is 5.00. The zero-order valence-electron chi connectivity index (χ0n) is 18.9. The van der Waals surface area contributed by atoms with Crippen LogP contribution in [0.15, 0.2) is 36.7 Å². The van der Waals surface area contributed by atoms with Crippen molar-refractivity contribution in [3.8, 4) is 0 Å². The first kappa shape index (κ1) is 24.2. The van der Waals surface area contributed by atoms with Gasteiger partial charge in [-0.3, -0.25) is 19.4 Å². The van der Waals surface area contributed by atoms with E-state index in [2.05, 4.69) is 32.0 Å². The highest BCUT2D eigenvalue weighted by atomic mass is 16.5. The molecule has 1 atom stereocenters. The van der Waals surface area contributed by atoms with Crippen LogP contribution in [0.2, 0.25) is 0 Å². The van der Waals surface area contributed by atoms with E-state index in [4.69, 9.17) is 4.74 Å². The highest BCUT2D eigenvalue weighted by molar-refractivity contribution is 5.85. The van der Waals surface area contributed by atoms with Crippen LogP contribution >= 0.6 is 0 Å². The minimum absolute atomic E-state index is 0.0120. The lowest BCUT2D eigenvalue weighted by atomic mass is 10.1. The van der Waals surface area contributed by atoms with E-state index in [1.54, 1.807) is 31.5 Å². The van der Waals surface area contributed by atoms with Crippen LogP contribution in [-0.2, 0) is 32.0 Å². The minimum Gasteiger partial charge on any atom is -0.466 e. The van der Waals surface area contributed by atoms with Crippen LogP contribution in [0.25, 0.3) is 0 Å². The Morgan fingerprint density at radius 1 is 1.21 bits per heavy atom.